The van der Waals surface area contributed by atoms with E-state index < -0.39 is 23.5 Å². The van der Waals surface area contributed by atoms with Crippen molar-refractivity contribution >= 4 is 16.6 Å². The Morgan fingerprint density at radius 2 is 1.38 bits per heavy atom. The maximum Gasteiger partial charge on any atom is 0.418 e. The first-order valence-corrected chi connectivity index (χ1v) is 12.1. The van der Waals surface area contributed by atoms with Crippen LogP contribution in [0.5, 0.6) is 0 Å². The number of halogens is 6. The van der Waals surface area contributed by atoms with Crippen molar-refractivity contribution in [1.29, 1.82) is 0 Å². The number of fused-ring (bicyclic) bond motifs is 1. The van der Waals surface area contributed by atoms with Crippen LogP contribution >= 0.6 is 0 Å². The fourth-order valence-corrected chi connectivity index (χ4v) is 4.58. The van der Waals surface area contributed by atoms with Gasteiger partial charge in [-0.05, 0) is 64.6 Å². The Balaban J connectivity index is 1.53. The molecule has 1 N–H and O–H groups in total. The van der Waals surface area contributed by atoms with Crippen LogP contribution in [0.15, 0.2) is 103 Å². The van der Waals surface area contributed by atoms with Crippen LogP contribution in [0.3, 0.4) is 0 Å². The third-order valence-electron chi connectivity index (χ3n) is 6.45. The Bertz CT molecular complexity index is 1590. The molecule has 0 bridgehead atoms. The minimum absolute atomic E-state index is 0.125. The second-order valence-electron chi connectivity index (χ2n) is 9.15. The zero-order chi connectivity index (χ0) is 27.6. The van der Waals surface area contributed by atoms with E-state index in [9.17, 15) is 26.3 Å². The van der Waals surface area contributed by atoms with Crippen LogP contribution in [0.25, 0.3) is 22.0 Å². The number of nitrogens with zero attached hydrogens (tertiary/aromatic N) is 1. The molecule has 0 saturated carbocycles. The lowest BCUT2D eigenvalue weighted by Gasteiger charge is -2.17. The van der Waals surface area contributed by atoms with Gasteiger partial charge in [0.15, 0.2) is 0 Å². The predicted molar refractivity (Wildman–Crippen MR) is 140 cm³/mol. The molecule has 0 unspecified atom stereocenters. The molecule has 198 valence electrons. The van der Waals surface area contributed by atoms with Gasteiger partial charge < -0.3 is 5.32 Å². The lowest BCUT2D eigenvalue weighted by molar-refractivity contribution is -0.138. The van der Waals surface area contributed by atoms with Crippen LogP contribution in [0.4, 0.5) is 32.0 Å². The number of hydrogen-bond donors (Lipinski definition) is 1. The molecule has 0 spiro atoms. The highest BCUT2D eigenvalue weighted by Gasteiger charge is 2.34. The zero-order valence-electron chi connectivity index (χ0n) is 20.4. The summed E-state index contributed by atoms with van der Waals surface area (Å²) in [7, 11) is 0. The van der Waals surface area contributed by atoms with Crippen LogP contribution < -0.4 is 5.32 Å². The third kappa shape index (κ3) is 5.90. The highest BCUT2D eigenvalue weighted by atomic mass is 19.4. The maximum atomic E-state index is 13.8. The second kappa shape index (κ2) is 10.4. The molecule has 0 atom stereocenters. The van der Waals surface area contributed by atoms with Gasteiger partial charge in [-0.3, -0.25) is 4.98 Å². The summed E-state index contributed by atoms with van der Waals surface area (Å²) >= 11 is 0. The van der Waals surface area contributed by atoms with E-state index in [4.69, 9.17) is 0 Å². The van der Waals surface area contributed by atoms with Gasteiger partial charge in [0, 0.05) is 23.8 Å². The van der Waals surface area contributed by atoms with E-state index in [1.807, 2.05) is 42.5 Å². The number of nitrogens with one attached hydrogen (secondary N) is 1. The van der Waals surface area contributed by atoms with Gasteiger partial charge in [-0.1, -0.05) is 66.7 Å². The number of pyridine rings is 1. The van der Waals surface area contributed by atoms with Gasteiger partial charge in [-0.2, -0.15) is 26.3 Å². The molecule has 0 aliphatic rings. The molecule has 5 rings (SSSR count). The van der Waals surface area contributed by atoms with E-state index >= 15 is 0 Å². The van der Waals surface area contributed by atoms with Gasteiger partial charge in [0.25, 0.3) is 0 Å². The topological polar surface area (TPSA) is 24.9 Å². The molecule has 5 aromatic rings. The molecule has 0 aliphatic carbocycles. The molecular weight excluding hydrogens is 514 g/mol. The van der Waals surface area contributed by atoms with E-state index in [2.05, 4.69) is 10.3 Å². The zero-order valence-corrected chi connectivity index (χ0v) is 20.4. The fraction of sp³-hybridized carbons (Fsp3) is 0.129. The van der Waals surface area contributed by atoms with Crippen LogP contribution in [0.1, 0.15) is 27.8 Å². The third-order valence-corrected chi connectivity index (χ3v) is 6.45. The Morgan fingerprint density at radius 1 is 0.667 bits per heavy atom. The average molecular weight is 537 g/mol. The lowest BCUT2D eigenvalue weighted by Crippen LogP contribution is -2.07. The normalized spacial score (nSPS) is 12.1. The molecule has 1 heterocycles. The summed E-state index contributed by atoms with van der Waals surface area (Å²) in [5, 5.41) is 3.59. The van der Waals surface area contributed by atoms with Crippen molar-refractivity contribution in [2.45, 2.75) is 25.3 Å². The van der Waals surface area contributed by atoms with Crippen molar-refractivity contribution in [2.75, 3.05) is 5.32 Å². The summed E-state index contributed by atoms with van der Waals surface area (Å²) in [5.74, 6) is 0. The van der Waals surface area contributed by atoms with E-state index in [1.165, 1.54) is 24.4 Å². The summed E-state index contributed by atoms with van der Waals surface area (Å²) in [4.78, 5) is 4.24. The van der Waals surface area contributed by atoms with E-state index in [1.54, 1.807) is 18.2 Å². The lowest BCUT2D eigenvalue weighted by atomic mass is 9.91. The van der Waals surface area contributed by atoms with Crippen molar-refractivity contribution in [1.82, 2.24) is 4.98 Å². The number of para-hydroxylation sites is 1. The molecular formula is C31H22F6N2. The highest BCUT2D eigenvalue weighted by molar-refractivity contribution is 5.98. The van der Waals surface area contributed by atoms with Gasteiger partial charge in [0.1, 0.15) is 0 Å². The molecule has 39 heavy (non-hydrogen) atoms. The summed E-state index contributed by atoms with van der Waals surface area (Å²) < 4.78 is 80.0. The molecule has 8 heteroatoms. The molecule has 1 aromatic heterocycles. The monoisotopic (exact) mass is 536 g/mol. The van der Waals surface area contributed by atoms with Crippen LogP contribution in [0.2, 0.25) is 0 Å². The van der Waals surface area contributed by atoms with Gasteiger partial charge in [0.05, 0.1) is 16.6 Å². The number of benzene rings is 4. The fourth-order valence-electron chi connectivity index (χ4n) is 4.58. The first-order valence-electron chi connectivity index (χ1n) is 12.1. The molecule has 0 radical (unpaired) electrons. The highest BCUT2D eigenvalue weighted by Crippen LogP contribution is 2.39. The van der Waals surface area contributed by atoms with Crippen molar-refractivity contribution in [3.63, 3.8) is 0 Å². The molecule has 0 amide bonds. The molecule has 0 saturated heterocycles. The Morgan fingerprint density at radius 3 is 2.08 bits per heavy atom. The number of alkyl halides is 6. The first kappa shape index (κ1) is 26.3. The summed E-state index contributed by atoms with van der Waals surface area (Å²) in [6.07, 6.45) is -6.99. The van der Waals surface area contributed by atoms with Gasteiger partial charge in [-0.15, -0.1) is 0 Å². The number of anilines is 1. The smallest absolute Gasteiger partial charge is 0.381 e. The molecule has 4 aromatic carbocycles. The van der Waals surface area contributed by atoms with Gasteiger partial charge >= 0.3 is 12.4 Å². The molecule has 2 nitrogen and oxygen atoms in total. The predicted octanol–water partition coefficient (Wildman–Crippen LogP) is 9.14. The number of aromatic nitrogens is 1. The number of rotatable bonds is 6. The average Bonchev–Trinajstić information content (AvgIpc) is 2.91. The van der Waals surface area contributed by atoms with E-state index in [0.717, 1.165) is 29.3 Å². The SMILES string of the molecule is FC(F)(F)c1ccc(CNc2cccc(-c3c(Cc4ccccc4)cnc4c(C(F)(F)F)cccc34)c2)cc1. The summed E-state index contributed by atoms with van der Waals surface area (Å²) in [6, 6.07) is 25.8. The minimum Gasteiger partial charge on any atom is -0.381 e. The Hall–Kier alpha value is -4.33. The van der Waals surface area contributed by atoms with Crippen LogP contribution in [-0.4, -0.2) is 4.98 Å². The Labute approximate surface area is 221 Å². The minimum atomic E-state index is -4.56. The molecule has 0 fully saturated rings. The van der Waals surface area contributed by atoms with Crippen molar-refractivity contribution < 1.29 is 26.3 Å². The standard InChI is InChI=1S/C31H22F6N2/c32-30(33,34)24-14-12-21(13-15-24)18-38-25-9-4-8-22(17-25)28-23(16-20-6-2-1-3-7-20)19-39-29-26(28)10-5-11-27(29)31(35,36)37/h1-15,17,19,38H,16,18H2. The summed E-state index contributed by atoms with van der Waals surface area (Å²) in [5.41, 5.74) is 2.79. The van der Waals surface area contributed by atoms with E-state index in [0.29, 0.717) is 34.2 Å². The maximum absolute atomic E-state index is 13.8. The first-order chi connectivity index (χ1) is 18.6. The van der Waals surface area contributed by atoms with Gasteiger partial charge in [-0.25, -0.2) is 0 Å². The van der Waals surface area contributed by atoms with Gasteiger partial charge in [0.2, 0.25) is 0 Å². The second-order valence-corrected chi connectivity index (χ2v) is 9.15. The van der Waals surface area contributed by atoms with Crippen LogP contribution in [-0.2, 0) is 25.3 Å². The quantitative estimate of drug-likeness (QED) is 0.219. The van der Waals surface area contributed by atoms with Crippen molar-refractivity contribution in [3.05, 3.63) is 131 Å². The summed E-state index contributed by atoms with van der Waals surface area (Å²) in [6.45, 7) is 0.272. The Kier molecular flexibility index (Phi) is 7.04. The van der Waals surface area contributed by atoms with Crippen molar-refractivity contribution in [3.8, 4) is 11.1 Å². The molecule has 0 aliphatic heterocycles. The van der Waals surface area contributed by atoms with Crippen molar-refractivity contribution in [2.24, 2.45) is 0 Å². The van der Waals surface area contributed by atoms with E-state index in [-0.39, 0.29) is 12.1 Å². The number of hydrogen-bond acceptors (Lipinski definition) is 2. The largest absolute Gasteiger partial charge is 0.418 e. The van der Waals surface area contributed by atoms with Crippen LogP contribution in [0, 0.1) is 0 Å².